The zero-order chi connectivity index (χ0) is 19.9. The molecule has 1 amide bonds. The monoisotopic (exact) mass is 397 g/mol. The zero-order valence-electron chi connectivity index (χ0n) is 14.7. The Morgan fingerprint density at radius 2 is 1.89 bits per heavy atom. The van der Waals surface area contributed by atoms with Crippen molar-refractivity contribution in [2.24, 2.45) is 0 Å². The van der Waals surface area contributed by atoms with Gasteiger partial charge >= 0.3 is 6.18 Å². The minimum atomic E-state index is -4.71. The Hall–Kier alpha value is -2.55. The number of aryl methyl sites for hydroxylation is 3. The second kappa shape index (κ2) is 6.88. The summed E-state index contributed by atoms with van der Waals surface area (Å²) in [4.78, 5) is 22.1. The van der Waals surface area contributed by atoms with E-state index in [0.29, 0.717) is 27.2 Å². The first-order valence-electron chi connectivity index (χ1n) is 7.96. The van der Waals surface area contributed by atoms with Crippen LogP contribution < -0.4 is 5.32 Å². The van der Waals surface area contributed by atoms with Crippen LogP contribution in [-0.2, 0) is 12.7 Å². The molecule has 4 nitrogen and oxygen atoms in total. The molecule has 3 aromatic rings. The van der Waals surface area contributed by atoms with Gasteiger partial charge in [0.25, 0.3) is 5.91 Å². The number of fused-ring (bicyclic) bond motifs is 1. The van der Waals surface area contributed by atoms with Gasteiger partial charge in [0.2, 0.25) is 0 Å². The van der Waals surface area contributed by atoms with Gasteiger partial charge in [0.1, 0.15) is 16.5 Å². The summed E-state index contributed by atoms with van der Waals surface area (Å²) < 4.78 is 52.4. The standard InChI is InChI=1S/C18H15F4N3OS/c1-8-14-9(2)24-10(3)25-17(14)27-15(8)16(26)23-7-11-4-5-12(19)6-13(11)18(20,21)22/h4-6H,7H2,1-3H3,(H,23,26). The van der Waals surface area contributed by atoms with Gasteiger partial charge in [0.05, 0.1) is 10.4 Å². The Labute approximate surface area is 156 Å². The molecule has 0 fully saturated rings. The van der Waals surface area contributed by atoms with E-state index in [0.717, 1.165) is 34.5 Å². The van der Waals surface area contributed by atoms with Crippen LogP contribution >= 0.6 is 11.3 Å². The van der Waals surface area contributed by atoms with Crippen molar-refractivity contribution in [1.82, 2.24) is 15.3 Å². The van der Waals surface area contributed by atoms with Gasteiger partial charge in [0.15, 0.2) is 0 Å². The zero-order valence-corrected chi connectivity index (χ0v) is 15.5. The van der Waals surface area contributed by atoms with Crippen molar-refractivity contribution in [1.29, 1.82) is 0 Å². The van der Waals surface area contributed by atoms with E-state index in [9.17, 15) is 22.4 Å². The number of thiophene rings is 1. The molecule has 0 saturated heterocycles. The van der Waals surface area contributed by atoms with Crippen molar-refractivity contribution >= 4 is 27.5 Å². The van der Waals surface area contributed by atoms with Gasteiger partial charge in [-0.25, -0.2) is 14.4 Å². The van der Waals surface area contributed by atoms with Crippen LogP contribution in [0, 0.1) is 26.6 Å². The fourth-order valence-electron chi connectivity index (χ4n) is 2.91. The Morgan fingerprint density at radius 1 is 1.19 bits per heavy atom. The summed E-state index contributed by atoms with van der Waals surface area (Å²) in [5.41, 5.74) is 0.111. The molecule has 9 heteroatoms. The maximum atomic E-state index is 13.2. The first kappa shape index (κ1) is 19.2. The number of alkyl halides is 3. The average Bonchev–Trinajstić information content (AvgIpc) is 2.89. The Bertz CT molecular complexity index is 1040. The van der Waals surface area contributed by atoms with E-state index in [4.69, 9.17) is 0 Å². The number of hydrogen-bond donors (Lipinski definition) is 1. The molecule has 0 radical (unpaired) electrons. The predicted octanol–water partition coefficient (Wildman–Crippen LogP) is 4.70. The van der Waals surface area contributed by atoms with Gasteiger partial charge in [0, 0.05) is 17.6 Å². The summed E-state index contributed by atoms with van der Waals surface area (Å²) in [7, 11) is 0. The van der Waals surface area contributed by atoms with Crippen LogP contribution in [0.25, 0.3) is 10.2 Å². The number of carbonyl (C=O) groups is 1. The van der Waals surface area contributed by atoms with Crippen molar-refractivity contribution in [2.45, 2.75) is 33.5 Å². The molecule has 1 N–H and O–H groups in total. The Kier molecular flexibility index (Phi) is 4.90. The first-order valence-corrected chi connectivity index (χ1v) is 8.77. The number of amides is 1. The molecule has 142 valence electrons. The van der Waals surface area contributed by atoms with Crippen molar-refractivity contribution in [3.8, 4) is 0 Å². The second-order valence-corrected chi connectivity index (χ2v) is 7.07. The third-order valence-electron chi connectivity index (χ3n) is 4.11. The number of carbonyl (C=O) groups excluding carboxylic acids is 1. The van der Waals surface area contributed by atoms with Crippen LogP contribution in [0.5, 0.6) is 0 Å². The number of nitrogens with zero attached hydrogens (tertiary/aromatic N) is 2. The number of rotatable bonds is 3. The molecule has 2 aromatic heterocycles. The highest BCUT2D eigenvalue weighted by Gasteiger charge is 2.33. The van der Waals surface area contributed by atoms with Crippen LogP contribution in [0.2, 0.25) is 0 Å². The fourth-order valence-corrected chi connectivity index (χ4v) is 4.11. The predicted molar refractivity (Wildman–Crippen MR) is 94.2 cm³/mol. The molecule has 2 heterocycles. The topological polar surface area (TPSA) is 54.9 Å². The number of nitrogens with one attached hydrogen (secondary N) is 1. The Balaban J connectivity index is 1.89. The molecule has 0 aliphatic heterocycles. The summed E-state index contributed by atoms with van der Waals surface area (Å²) in [5, 5.41) is 3.26. The summed E-state index contributed by atoms with van der Waals surface area (Å²) in [6.45, 7) is 4.94. The second-order valence-electron chi connectivity index (χ2n) is 6.07. The van der Waals surface area contributed by atoms with Crippen LogP contribution in [-0.4, -0.2) is 15.9 Å². The largest absolute Gasteiger partial charge is 0.416 e. The molecule has 27 heavy (non-hydrogen) atoms. The lowest BCUT2D eigenvalue weighted by Gasteiger charge is -2.13. The average molecular weight is 397 g/mol. The highest BCUT2D eigenvalue weighted by molar-refractivity contribution is 7.20. The molecule has 3 rings (SSSR count). The summed E-state index contributed by atoms with van der Waals surface area (Å²) in [5.74, 6) is -0.915. The molecular weight excluding hydrogens is 382 g/mol. The highest BCUT2D eigenvalue weighted by atomic mass is 32.1. The minimum Gasteiger partial charge on any atom is -0.347 e. The normalized spacial score (nSPS) is 11.8. The van der Waals surface area contributed by atoms with E-state index < -0.39 is 23.5 Å². The molecule has 0 unspecified atom stereocenters. The van der Waals surface area contributed by atoms with E-state index in [1.165, 1.54) is 0 Å². The van der Waals surface area contributed by atoms with Crippen molar-refractivity contribution in [2.75, 3.05) is 0 Å². The van der Waals surface area contributed by atoms with Crippen LogP contribution in [0.15, 0.2) is 18.2 Å². The molecule has 1 aromatic carbocycles. The van der Waals surface area contributed by atoms with Crippen molar-refractivity contribution in [3.05, 3.63) is 57.1 Å². The maximum Gasteiger partial charge on any atom is 0.416 e. The number of halogens is 4. The quantitative estimate of drug-likeness (QED) is 0.652. The minimum absolute atomic E-state index is 0.206. The lowest BCUT2D eigenvalue weighted by molar-refractivity contribution is -0.138. The van der Waals surface area contributed by atoms with Gasteiger partial charge in [-0.1, -0.05) is 6.07 Å². The lowest BCUT2D eigenvalue weighted by atomic mass is 10.1. The smallest absolute Gasteiger partial charge is 0.347 e. The summed E-state index contributed by atoms with van der Waals surface area (Å²) in [6.07, 6.45) is -4.71. The highest BCUT2D eigenvalue weighted by Crippen LogP contribution is 2.33. The van der Waals surface area contributed by atoms with Gasteiger partial charge in [-0.3, -0.25) is 4.79 Å². The first-order chi connectivity index (χ1) is 12.6. The van der Waals surface area contributed by atoms with Crippen LogP contribution in [0.1, 0.15) is 37.9 Å². The SMILES string of the molecule is Cc1nc(C)c2c(C)c(C(=O)NCc3ccc(F)cc3C(F)(F)F)sc2n1. The van der Waals surface area contributed by atoms with E-state index in [-0.39, 0.29) is 12.1 Å². The molecule has 0 aliphatic carbocycles. The van der Waals surface area contributed by atoms with E-state index in [2.05, 4.69) is 15.3 Å². The molecule has 0 spiro atoms. The molecular formula is C18H15F4N3OS. The number of hydrogen-bond acceptors (Lipinski definition) is 4. The van der Waals surface area contributed by atoms with Crippen LogP contribution in [0.4, 0.5) is 17.6 Å². The molecule has 0 atom stereocenters. The maximum absolute atomic E-state index is 13.2. The third kappa shape index (κ3) is 3.78. The van der Waals surface area contributed by atoms with E-state index in [1.807, 2.05) is 6.92 Å². The lowest BCUT2D eigenvalue weighted by Crippen LogP contribution is -2.24. The summed E-state index contributed by atoms with van der Waals surface area (Å²) >= 11 is 1.16. The van der Waals surface area contributed by atoms with Gasteiger partial charge in [-0.15, -0.1) is 11.3 Å². The number of benzene rings is 1. The van der Waals surface area contributed by atoms with Crippen molar-refractivity contribution < 1.29 is 22.4 Å². The van der Waals surface area contributed by atoms with Crippen molar-refractivity contribution in [3.63, 3.8) is 0 Å². The fraction of sp³-hybridized carbons (Fsp3) is 0.278. The molecule has 0 bridgehead atoms. The van der Waals surface area contributed by atoms with Gasteiger partial charge in [-0.05, 0) is 44.0 Å². The van der Waals surface area contributed by atoms with Crippen LogP contribution in [0.3, 0.4) is 0 Å². The molecule has 0 saturated carbocycles. The number of aromatic nitrogens is 2. The molecule has 0 aliphatic rings. The third-order valence-corrected chi connectivity index (χ3v) is 5.29. The van der Waals surface area contributed by atoms with Gasteiger partial charge < -0.3 is 5.32 Å². The van der Waals surface area contributed by atoms with Gasteiger partial charge in [-0.2, -0.15) is 13.2 Å². The van der Waals surface area contributed by atoms with E-state index in [1.54, 1.807) is 13.8 Å². The summed E-state index contributed by atoms with van der Waals surface area (Å²) in [6, 6.07) is 2.38. The van der Waals surface area contributed by atoms with E-state index >= 15 is 0 Å². The Morgan fingerprint density at radius 3 is 2.56 bits per heavy atom.